The predicted octanol–water partition coefficient (Wildman–Crippen LogP) is 0.464. The third-order valence-corrected chi connectivity index (χ3v) is 0.821. The molecule has 1 aromatic rings. The van der Waals surface area contributed by atoms with E-state index in [1.54, 1.807) is 6.20 Å². The second-order valence-electron chi connectivity index (χ2n) is 1.60. The standard InChI is InChI=1S/C5H6N3.Y/c1-4(2)5-3-6-8-7-5;/h3H,1H2,2H3;/q-1;. The molecule has 0 aliphatic carbocycles. The summed E-state index contributed by atoms with van der Waals surface area (Å²) in [5.74, 6) is 0. The third-order valence-electron chi connectivity index (χ3n) is 0.821. The molecule has 0 bridgehead atoms. The fourth-order valence-corrected chi connectivity index (χ4v) is 0.376. The van der Waals surface area contributed by atoms with Gasteiger partial charge in [-0.15, -0.1) is 0 Å². The Morgan fingerprint density at radius 3 is 2.67 bits per heavy atom. The van der Waals surface area contributed by atoms with Gasteiger partial charge in [0.1, 0.15) is 0 Å². The molecule has 3 nitrogen and oxygen atoms in total. The zero-order valence-corrected chi connectivity index (χ0v) is 8.04. The molecule has 0 fully saturated rings. The number of allylic oxidation sites excluding steroid dienone is 1. The molecule has 0 saturated heterocycles. The first-order valence-electron chi connectivity index (χ1n) is 2.27. The minimum Gasteiger partial charge on any atom is -0.358 e. The fourth-order valence-electron chi connectivity index (χ4n) is 0.376. The van der Waals surface area contributed by atoms with E-state index >= 15 is 0 Å². The summed E-state index contributed by atoms with van der Waals surface area (Å²) in [5.41, 5.74) is 1.67. The monoisotopic (exact) mass is 197 g/mol. The first kappa shape index (κ1) is 8.98. The SMILES string of the molecule is C=C(C)c1c[n-]nn1.[Y]. The number of nitrogens with zero attached hydrogens (tertiary/aromatic N) is 3. The van der Waals surface area contributed by atoms with Crippen LogP contribution in [-0.4, -0.2) is 10.3 Å². The van der Waals surface area contributed by atoms with Crippen LogP contribution in [0.15, 0.2) is 12.8 Å². The minimum absolute atomic E-state index is 0. The van der Waals surface area contributed by atoms with Gasteiger partial charge in [0.25, 0.3) is 0 Å². The summed E-state index contributed by atoms with van der Waals surface area (Å²) in [5, 5.41) is 10.6. The maximum absolute atomic E-state index is 3.66. The molecule has 0 N–H and O–H groups in total. The maximum atomic E-state index is 3.66. The Labute approximate surface area is 78.8 Å². The van der Waals surface area contributed by atoms with Crippen LogP contribution in [0.2, 0.25) is 0 Å². The smallest absolute Gasteiger partial charge is 0 e. The molecule has 1 radical (unpaired) electrons. The van der Waals surface area contributed by atoms with Crippen LogP contribution in [0.3, 0.4) is 0 Å². The summed E-state index contributed by atoms with van der Waals surface area (Å²) in [6.45, 7) is 5.52. The molecule has 9 heavy (non-hydrogen) atoms. The van der Waals surface area contributed by atoms with E-state index in [-0.39, 0.29) is 32.7 Å². The van der Waals surface area contributed by atoms with Gasteiger partial charge in [0, 0.05) is 32.7 Å². The van der Waals surface area contributed by atoms with E-state index in [1.807, 2.05) is 6.92 Å². The van der Waals surface area contributed by atoms with Crippen molar-refractivity contribution in [2.45, 2.75) is 6.92 Å². The van der Waals surface area contributed by atoms with Gasteiger partial charge in [-0.2, -0.15) is 0 Å². The van der Waals surface area contributed by atoms with Crippen molar-refractivity contribution in [3.63, 3.8) is 0 Å². The number of hydrogen-bond donors (Lipinski definition) is 0. The topological polar surface area (TPSA) is 39.9 Å². The van der Waals surface area contributed by atoms with Crippen LogP contribution in [0.4, 0.5) is 0 Å². The first-order valence-corrected chi connectivity index (χ1v) is 2.27. The molecule has 45 valence electrons. The molecule has 0 aliphatic heterocycles. The van der Waals surface area contributed by atoms with Crippen molar-refractivity contribution in [3.05, 3.63) is 18.5 Å². The summed E-state index contributed by atoms with van der Waals surface area (Å²) < 4.78 is 0. The molecule has 0 spiro atoms. The summed E-state index contributed by atoms with van der Waals surface area (Å²) >= 11 is 0. The maximum Gasteiger partial charge on any atom is 0 e. The first-order chi connectivity index (χ1) is 3.80. The molecule has 0 atom stereocenters. The molecule has 1 heterocycles. The van der Waals surface area contributed by atoms with Crippen LogP contribution < -0.4 is 5.10 Å². The number of rotatable bonds is 1. The molecule has 0 aliphatic rings. The van der Waals surface area contributed by atoms with Gasteiger partial charge >= 0.3 is 0 Å². The zero-order valence-electron chi connectivity index (χ0n) is 5.20. The summed E-state index contributed by atoms with van der Waals surface area (Å²) in [4.78, 5) is 0. The quantitative estimate of drug-likeness (QED) is 0.656. The molecule has 1 aromatic heterocycles. The average molecular weight is 197 g/mol. The van der Waals surface area contributed by atoms with Gasteiger partial charge in [0.05, 0.1) is 0 Å². The molecule has 0 saturated carbocycles. The predicted molar refractivity (Wildman–Crippen MR) is 30.1 cm³/mol. The Morgan fingerprint density at radius 1 is 1.78 bits per heavy atom. The normalized spacial score (nSPS) is 8.11. The van der Waals surface area contributed by atoms with E-state index in [9.17, 15) is 0 Å². The van der Waals surface area contributed by atoms with E-state index < -0.39 is 0 Å². The van der Waals surface area contributed by atoms with Gasteiger partial charge in [-0.1, -0.05) is 18.3 Å². The molecular formula is C5H6N3Y-. The molecule has 4 heteroatoms. The largest absolute Gasteiger partial charge is 0.358 e. The van der Waals surface area contributed by atoms with Gasteiger partial charge in [0.15, 0.2) is 0 Å². The zero-order chi connectivity index (χ0) is 5.98. The van der Waals surface area contributed by atoms with Gasteiger partial charge in [-0.25, -0.2) is 0 Å². The second kappa shape index (κ2) is 3.91. The molecule has 0 unspecified atom stereocenters. The van der Waals surface area contributed by atoms with Crippen LogP contribution in [0, 0.1) is 0 Å². The minimum atomic E-state index is 0. The summed E-state index contributed by atoms with van der Waals surface area (Å²) in [6.07, 6.45) is 1.59. The second-order valence-corrected chi connectivity index (χ2v) is 1.60. The Balaban J connectivity index is 0.000000640. The third kappa shape index (κ3) is 2.37. The van der Waals surface area contributed by atoms with Crippen molar-refractivity contribution in [2.75, 3.05) is 0 Å². The van der Waals surface area contributed by atoms with E-state index in [2.05, 4.69) is 22.0 Å². The van der Waals surface area contributed by atoms with Gasteiger partial charge in [-0.05, 0) is 12.6 Å². The van der Waals surface area contributed by atoms with Crippen LogP contribution >= 0.6 is 0 Å². The van der Waals surface area contributed by atoms with Crippen molar-refractivity contribution in [3.8, 4) is 0 Å². The van der Waals surface area contributed by atoms with E-state index in [0.717, 1.165) is 11.3 Å². The number of hydrogen-bond acceptors (Lipinski definition) is 2. The molecular weight excluding hydrogens is 191 g/mol. The van der Waals surface area contributed by atoms with Gasteiger partial charge < -0.3 is 10.2 Å². The number of aromatic nitrogens is 3. The van der Waals surface area contributed by atoms with Crippen LogP contribution in [-0.2, 0) is 32.7 Å². The Kier molecular flexibility index (Phi) is 3.90. The summed E-state index contributed by atoms with van der Waals surface area (Å²) in [7, 11) is 0. The van der Waals surface area contributed by atoms with Crippen LogP contribution in [0.5, 0.6) is 0 Å². The van der Waals surface area contributed by atoms with E-state index in [0.29, 0.717) is 0 Å². The van der Waals surface area contributed by atoms with Crippen molar-refractivity contribution >= 4 is 5.57 Å². The Hall–Kier alpha value is -0.0161. The molecule has 0 aromatic carbocycles. The fraction of sp³-hybridized carbons (Fsp3) is 0.200. The van der Waals surface area contributed by atoms with Crippen molar-refractivity contribution in [1.29, 1.82) is 0 Å². The van der Waals surface area contributed by atoms with Crippen LogP contribution in [0.1, 0.15) is 12.6 Å². The van der Waals surface area contributed by atoms with Crippen LogP contribution in [0.25, 0.3) is 5.57 Å². The molecule has 0 amide bonds. The van der Waals surface area contributed by atoms with Crippen molar-refractivity contribution in [2.24, 2.45) is 0 Å². The van der Waals surface area contributed by atoms with Crippen molar-refractivity contribution < 1.29 is 32.7 Å². The average Bonchev–Trinajstić information content (AvgIpc) is 2.12. The van der Waals surface area contributed by atoms with Gasteiger partial charge in [0.2, 0.25) is 0 Å². The van der Waals surface area contributed by atoms with Crippen molar-refractivity contribution in [1.82, 2.24) is 15.4 Å². The summed E-state index contributed by atoms with van der Waals surface area (Å²) in [6, 6.07) is 0. The molecule has 1 rings (SSSR count). The van der Waals surface area contributed by atoms with Gasteiger partial charge in [-0.3, -0.25) is 5.21 Å². The Bertz CT molecular complexity index is 180. The van der Waals surface area contributed by atoms with E-state index in [4.69, 9.17) is 0 Å². The Morgan fingerprint density at radius 2 is 2.44 bits per heavy atom. The van der Waals surface area contributed by atoms with E-state index in [1.165, 1.54) is 0 Å².